The molecule has 0 fully saturated rings. The normalized spacial score (nSPS) is 9.55. The van der Waals surface area contributed by atoms with Gasteiger partial charge in [0, 0.05) is 12.3 Å². The molecule has 0 N–H and O–H groups in total. The summed E-state index contributed by atoms with van der Waals surface area (Å²) in [6, 6.07) is 7.90. The van der Waals surface area contributed by atoms with Gasteiger partial charge in [-0.05, 0) is 42.7 Å². The SMILES string of the molecule is COc1cc(F)ccc1OCC#Cc1cc(C)ccn1. The molecule has 0 spiro atoms. The number of benzene rings is 1. The lowest BCUT2D eigenvalue weighted by Crippen LogP contribution is -1.97. The van der Waals surface area contributed by atoms with Crippen molar-refractivity contribution in [3.8, 4) is 23.3 Å². The smallest absolute Gasteiger partial charge is 0.163 e. The lowest BCUT2D eigenvalue weighted by atomic mass is 10.2. The lowest BCUT2D eigenvalue weighted by molar-refractivity contribution is 0.329. The zero-order valence-electron chi connectivity index (χ0n) is 11.3. The molecule has 2 rings (SSSR count). The number of hydrogen-bond acceptors (Lipinski definition) is 3. The second kappa shape index (κ2) is 6.58. The van der Waals surface area contributed by atoms with E-state index in [0.717, 1.165) is 5.56 Å². The molecule has 0 aliphatic rings. The van der Waals surface area contributed by atoms with Gasteiger partial charge < -0.3 is 9.47 Å². The molecule has 0 aliphatic heterocycles. The molecular weight excluding hydrogens is 257 g/mol. The number of aromatic nitrogens is 1. The van der Waals surface area contributed by atoms with Crippen LogP contribution in [0.4, 0.5) is 4.39 Å². The summed E-state index contributed by atoms with van der Waals surface area (Å²) in [7, 11) is 1.46. The first-order valence-electron chi connectivity index (χ1n) is 6.07. The molecule has 0 saturated heterocycles. The lowest BCUT2D eigenvalue weighted by Gasteiger charge is -2.07. The van der Waals surface area contributed by atoms with Crippen LogP contribution in [0.2, 0.25) is 0 Å². The fourth-order valence-corrected chi connectivity index (χ4v) is 1.61. The van der Waals surface area contributed by atoms with Gasteiger partial charge in [-0.25, -0.2) is 9.37 Å². The second-order valence-corrected chi connectivity index (χ2v) is 4.10. The van der Waals surface area contributed by atoms with E-state index in [4.69, 9.17) is 9.47 Å². The average Bonchev–Trinajstić information content (AvgIpc) is 2.45. The van der Waals surface area contributed by atoms with Crippen LogP contribution < -0.4 is 9.47 Å². The van der Waals surface area contributed by atoms with E-state index in [2.05, 4.69) is 16.8 Å². The number of halogens is 1. The molecule has 0 aliphatic carbocycles. The van der Waals surface area contributed by atoms with Crippen LogP contribution in [0.1, 0.15) is 11.3 Å². The molecule has 2 aromatic rings. The number of methoxy groups -OCH3 is 1. The van der Waals surface area contributed by atoms with Crippen molar-refractivity contribution in [1.29, 1.82) is 0 Å². The van der Waals surface area contributed by atoms with Gasteiger partial charge >= 0.3 is 0 Å². The van der Waals surface area contributed by atoms with Crippen LogP contribution in [0.25, 0.3) is 0 Å². The predicted octanol–water partition coefficient (Wildman–Crippen LogP) is 2.97. The third-order valence-corrected chi connectivity index (χ3v) is 2.56. The first-order chi connectivity index (χ1) is 9.69. The van der Waals surface area contributed by atoms with Gasteiger partial charge in [-0.3, -0.25) is 0 Å². The Morgan fingerprint density at radius 2 is 2.05 bits per heavy atom. The maximum absolute atomic E-state index is 13.0. The monoisotopic (exact) mass is 271 g/mol. The second-order valence-electron chi connectivity index (χ2n) is 4.10. The zero-order valence-corrected chi connectivity index (χ0v) is 11.3. The molecular formula is C16H14FNO2. The zero-order chi connectivity index (χ0) is 14.4. The highest BCUT2D eigenvalue weighted by atomic mass is 19.1. The van der Waals surface area contributed by atoms with Gasteiger partial charge in [0.15, 0.2) is 11.5 Å². The molecule has 102 valence electrons. The summed E-state index contributed by atoms with van der Waals surface area (Å²) in [5, 5.41) is 0. The summed E-state index contributed by atoms with van der Waals surface area (Å²) in [5.41, 5.74) is 1.80. The quantitative estimate of drug-likeness (QED) is 0.804. The summed E-state index contributed by atoms with van der Waals surface area (Å²) < 4.78 is 23.5. The topological polar surface area (TPSA) is 31.4 Å². The van der Waals surface area contributed by atoms with Crippen molar-refractivity contribution in [3.63, 3.8) is 0 Å². The number of ether oxygens (including phenoxy) is 2. The molecule has 0 bridgehead atoms. The summed E-state index contributed by atoms with van der Waals surface area (Å²) in [6.45, 7) is 2.16. The number of pyridine rings is 1. The molecule has 0 unspecified atom stereocenters. The Labute approximate surface area is 117 Å². The van der Waals surface area contributed by atoms with Crippen molar-refractivity contribution in [2.75, 3.05) is 13.7 Å². The highest BCUT2D eigenvalue weighted by Gasteiger charge is 2.04. The van der Waals surface area contributed by atoms with Crippen LogP contribution in [0, 0.1) is 24.6 Å². The molecule has 4 heteroatoms. The van der Waals surface area contributed by atoms with Crippen molar-refractivity contribution in [1.82, 2.24) is 4.98 Å². The van der Waals surface area contributed by atoms with Crippen LogP contribution in [-0.2, 0) is 0 Å². The first kappa shape index (κ1) is 13.9. The fraction of sp³-hybridized carbons (Fsp3) is 0.188. The number of aryl methyl sites for hydroxylation is 1. The minimum absolute atomic E-state index is 0.178. The van der Waals surface area contributed by atoms with Crippen LogP contribution in [0.5, 0.6) is 11.5 Å². The van der Waals surface area contributed by atoms with Crippen molar-refractivity contribution in [3.05, 3.63) is 53.6 Å². The van der Waals surface area contributed by atoms with Crippen LogP contribution >= 0.6 is 0 Å². The van der Waals surface area contributed by atoms with Gasteiger partial charge in [-0.1, -0.05) is 5.92 Å². The molecule has 3 nitrogen and oxygen atoms in total. The van der Waals surface area contributed by atoms with E-state index >= 15 is 0 Å². The van der Waals surface area contributed by atoms with Crippen LogP contribution in [-0.4, -0.2) is 18.7 Å². The molecule has 20 heavy (non-hydrogen) atoms. The van der Waals surface area contributed by atoms with Gasteiger partial charge in [0.1, 0.15) is 18.1 Å². The Morgan fingerprint density at radius 3 is 2.80 bits per heavy atom. The van der Waals surface area contributed by atoms with Gasteiger partial charge in [0.2, 0.25) is 0 Å². The molecule has 0 saturated carbocycles. The van der Waals surface area contributed by atoms with E-state index < -0.39 is 0 Å². The van der Waals surface area contributed by atoms with Gasteiger partial charge in [-0.15, -0.1) is 0 Å². The van der Waals surface area contributed by atoms with E-state index in [-0.39, 0.29) is 12.4 Å². The maximum atomic E-state index is 13.0. The summed E-state index contributed by atoms with van der Waals surface area (Å²) in [6.07, 6.45) is 1.71. The Balaban J connectivity index is 2.00. The minimum Gasteiger partial charge on any atom is -0.493 e. The van der Waals surface area contributed by atoms with E-state index in [1.54, 1.807) is 6.20 Å². The van der Waals surface area contributed by atoms with E-state index in [0.29, 0.717) is 17.2 Å². The van der Waals surface area contributed by atoms with Crippen molar-refractivity contribution in [2.45, 2.75) is 6.92 Å². The summed E-state index contributed by atoms with van der Waals surface area (Å²) >= 11 is 0. The number of nitrogens with zero attached hydrogens (tertiary/aromatic N) is 1. The molecule has 1 heterocycles. The maximum Gasteiger partial charge on any atom is 0.163 e. The fourth-order valence-electron chi connectivity index (χ4n) is 1.61. The Hall–Kier alpha value is -2.54. The number of rotatable bonds is 3. The van der Waals surface area contributed by atoms with Crippen molar-refractivity contribution in [2.24, 2.45) is 0 Å². The van der Waals surface area contributed by atoms with Crippen LogP contribution in [0.15, 0.2) is 36.5 Å². The molecule has 1 aromatic heterocycles. The molecule has 0 atom stereocenters. The van der Waals surface area contributed by atoms with Crippen LogP contribution in [0.3, 0.4) is 0 Å². The van der Waals surface area contributed by atoms with E-state index in [9.17, 15) is 4.39 Å². The first-order valence-corrected chi connectivity index (χ1v) is 6.07. The Morgan fingerprint density at radius 1 is 1.20 bits per heavy atom. The van der Waals surface area contributed by atoms with E-state index in [1.165, 1.54) is 25.3 Å². The highest BCUT2D eigenvalue weighted by molar-refractivity contribution is 5.40. The largest absolute Gasteiger partial charge is 0.493 e. The highest BCUT2D eigenvalue weighted by Crippen LogP contribution is 2.27. The molecule has 0 amide bonds. The third kappa shape index (κ3) is 3.72. The Kier molecular flexibility index (Phi) is 4.56. The molecule has 1 aromatic carbocycles. The predicted molar refractivity (Wildman–Crippen MR) is 74.3 cm³/mol. The minimum atomic E-state index is -0.371. The van der Waals surface area contributed by atoms with Crippen molar-refractivity contribution < 1.29 is 13.9 Å². The average molecular weight is 271 g/mol. The van der Waals surface area contributed by atoms with Gasteiger partial charge in [0.05, 0.1) is 7.11 Å². The molecule has 0 radical (unpaired) electrons. The van der Waals surface area contributed by atoms with E-state index in [1.807, 2.05) is 19.1 Å². The van der Waals surface area contributed by atoms with Crippen molar-refractivity contribution >= 4 is 0 Å². The Bertz CT molecular complexity index is 659. The third-order valence-electron chi connectivity index (χ3n) is 2.56. The van der Waals surface area contributed by atoms with Gasteiger partial charge in [0.25, 0.3) is 0 Å². The number of hydrogen-bond donors (Lipinski definition) is 0. The summed E-state index contributed by atoms with van der Waals surface area (Å²) in [4.78, 5) is 4.13. The van der Waals surface area contributed by atoms with Gasteiger partial charge in [-0.2, -0.15) is 0 Å². The summed E-state index contributed by atoms with van der Waals surface area (Å²) in [5.74, 6) is 6.20. The standard InChI is InChI=1S/C16H14FNO2/c1-12-7-8-18-14(10-12)4-3-9-20-15-6-5-13(17)11-16(15)19-2/h5-8,10-11H,9H2,1-2H3.